The minimum Gasteiger partial charge on any atom is -0.495 e. The molecule has 3 rings (SSSR count). The summed E-state index contributed by atoms with van der Waals surface area (Å²) in [4.78, 5) is 13.9. The first-order valence-electron chi connectivity index (χ1n) is 6.63. The maximum Gasteiger partial charge on any atom is 0.238 e. The van der Waals surface area contributed by atoms with E-state index in [1.165, 1.54) is 23.9 Å². The molecule has 0 spiro atoms. The highest BCUT2D eigenvalue weighted by atomic mass is 35.5. The van der Waals surface area contributed by atoms with Gasteiger partial charge < -0.3 is 4.74 Å². The molecule has 0 unspecified atom stereocenters. The molecule has 0 bridgehead atoms. The number of anilines is 1. The second kappa shape index (κ2) is 6.18. The number of thioether (sulfide) groups is 1. The summed E-state index contributed by atoms with van der Waals surface area (Å²) in [5, 5.41) is 0.264. The first-order valence-corrected chi connectivity index (χ1v) is 8.05. The lowest BCUT2D eigenvalue weighted by Crippen LogP contribution is -2.27. The third-order valence-electron chi connectivity index (χ3n) is 3.44. The van der Waals surface area contributed by atoms with Gasteiger partial charge in [-0.05, 0) is 35.9 Å². The Labute approximate surface area is 137 Å². The van der Waals surface area contributed by atoms with E-state index < -0.39 is 0 Å². The van der Waals surface area contributed by atoms with E-state index in [-0.39, 0.29) is 17.1 Å². The second-order valence-corrected chi connectivity index (χ2v) is 6.27. The SMILES string of the molecule is COc1ccc(N2C(=O)CS[C@H]2c2ccc(F)cc2)cc1Cl. The van der Waals surface area contributed by atoms with E-state index in [4.69, 9.17) is 16.3 Å². The van der Waals surface area contributed by atoms with Gasteiger partial charge in [-0.3, -0.25) is 9.69 Å². The fraction of sp³-hybridized carbons (Fsp3) is 0.188. The van der Waals surface area contributed by atoms with Crippen molar-refractivity contribution in [3.63, 3.8) is 0 Å². The summed E-state index contributed by atoms with van der Waals surface area (Å²) in [6, 6.07) is 11.4. The number of nitrogens with zero attached hydrogens (tertiary/aromatic N) is 1. The largest absolute Gasteiger partial charge is 0.495 e. The van der Waals surface area contributed by atoms with Crippen LogP contribution >= 0.6 is 23.4 Å². The Bertz CT molecular complexity index is 708. The van der Waals surface area contributed by atoms with Gasteiger partial charge in [0, 0.05) is 5.69 Å². The maximum atomic E-state index is 13.1. The van der Waals surface area contributed by atoms with E-state index >= 15 is 0 Å². The number of carbonyl (C=O) groups is 1. The number of hydrogen-bond donors (Lipinski definition) is 0. The van der Waals surface area contributed by atoms with Gasteiger partial charge in [-0.15, -0.1) is 11.8 Å². The molecule has 0 aliphatic carbocycles. The Kier molecular flexibility index (Phi) is 4.27. The minimum atomic E-state index is -0.294. The zero-order chi connectivity index (χ0) is 15.7. The van der Waals surface area contributed by atoms with Crippen molar-refractivity contribution in [3.8, 4) is 5.75 Å². The zero-order valence-electron chi connectivity index (χ0n) is 11.8. The lowest BCUT2D eigenvalue weighted by Gasteiger charge is -2.24. The number of hydrogen-bond acceptors (Lipinski definition) is 3. The van der Waals surface area contributed by atoms with Crippen LogP contribution in [-0.2, 0) is 4.79 Å². The summed E-state index contributed by atoms with van der Waals surface area (Å²) >= 11 is 7.66. The van der Waals surface area contributed by atoms with Crippen molar-refractivity contribution in [3.05, 3.63) is 58.9 Å². The summed E-state index contributed by atoms with van der Waals surface area (Å²) in [7, 11) is 1.54. The van der Waals surface area contributed by atoms with Gasteiger partial charge in [0.25, 0.3) is 0 Å². The van der Waals surface area contributed by atoms with E-state index in [0.717, 1.165) is 5.56 Å². The third kappa shape index (κ3) is 2.78. The molecule has 1 saturated heterocycles. The average Bonchev–Trinajstić information content (AvgIpc) is 2.89. The van der Waals surface area contributed by atoms with Crippen LogP contribution < -0.4 is 9.64 Å². The van der Waals surface area contributed by atoms with E-state index in [9.17, 15) is 9.18 Å². The van der Waals surface area contributed by atoms with Gasteiger partial charge in [-0.25, -0.2) is 4.39 Å². The molecule has 0 radical (unpaired) electrons. The first-order chi connectivity index (χ1) is 10.6. The predicted octanol–water partition coefficient (Wildman–Crippen LogP) is 4.27. The van der Waals surface area contributed by atoms with Gasteiger partial charge in [0.2, 0.25) is 5.91 Å². The number of halogens is 2. The smallest absolute Gasteiger partial charge is 0.238 e. The first kappa shape index (κ1) is 15.2. The van der Waals surface area contributed by atoms with Gasteiger partial charge in [0.05, 0.1) is 17.9 Å². The van der Waals surface area contributed by atoms with Crippen LogP contribution in [0.2, 0.25) is 5.02 Å². The number of amides is 1. The minimum absolute atomic E-state index is 0.000517. The molecule has 1 amide bonds. The van der Waals surface area contributed by atoms with Crippen molar-refractivity contribution in [2.24, 2.45) is 0 Å². The van der Waals surface area contributed by atoms with Crippen LogP contribution in [0.5, 0.6) is 5.75 Å². The third-order valence-corrected chi connectivity index (χ3v) is 4.94. The van der Waals surface area contributed by atoms with Crippen LogP contribution in [0.1, 0.15) is 10.9 Å². The lowest BCUT2D eigenvalue weighted by molar-refractivity contribution is -0.115. The van der Waals surface area contributed by atoms with Gasteiger partial charge in [-0.1, -0.05) is 23.7 Å². The second-order valence-electron chi connectivity index (χ2n) is 4.80. The van der Waals surface area contributed by atoms with Gasteiger partial charge >= 0.3 is 0 Å². The summed E-state index contributed by atoms with van der Waals surface area (Å²) < 4.78 is 18.2. The Morgan fingerprint density at radius 1 is 1.27 bits per heavy atom. The lowest BCUT2D eigenvalue weighted by atomic mass is 10.2. The van der Waals surface area contributed by atoms with Crippen molar-refractivity contribution >= 4 is 35.0 Å². The van der Waals surface area contributed by atoms with Crippen molar-refractivity contribution in [2.45, 2.75) is 5.37 Å². The molecule has 0 aromatic heterocycles. The molecule has 1 aliphatic heterocycles. The highest BCUT2D eigenvalue weighted by Gasteiger charge is 2.34. The van der Waals surface area contributed by atoms with Crippen molar-refractivity contribution in [1.82, 2.24) is 0 Å². The monoisotopic (exact) mass is 337 g/mol. The normalized spacial score (nSPS) is 17.9. The summed E-state index contributed by atoms with van der Waals surface area (Å²) in [5.41, 5.74) is 1.58. The number of rotatable bonds is 3. The average molecular weight is 338 g/mol. The standard InChI is InChI=1S/C16H13ClFNO2S/c1-21-14-7-6-12(8-13(14)17)19-15(20)9-22-16(19)10-2-4-11(18)5-3-10/h2-8,16H,9H2,1H3/t16-/m0/s1. The zero-order valence-corrected chi connectivity index (χ0v) is 13.3. The van der Waals surface area contributed by atoms with Crippen LogP contribution in [0.15, 0.2) is 42.5 Å². The molecule has 114 valence electrons. The molecular formula is C16H13ClFNO2S. The van der Waals surface area contributed by atoms with E-state index in [1.807, 2.05) is 0 Å². The molecule has 6 heteroatoms. The van der Waals surface area contributed by atoms with Gasteiger partial charge in [0.15, 0.2) is 0 Å². The Morgan fingerprint density at radius 3 is 2.64 bits per heavy atom. The Morgan fingerprint density at radius 2 is 2.00 bits per heavy atom. The number of methoxy groups -OCH3 is 1. The highest BCUT2D eigenvalue weighted by Crippen LogP contribution is 2.43. The summed E-state index contributed by atoms with van der Waals surface area (Å²) in [6.45, 7) is 0. The van der Waals surface area contributed by atoms with Crippen molar-refractivity contribution in [1.29, 1.82) is 0 Å². The Hall–Kier alpha value is -1.72. The van der Waals surface area contributed by atoms with Crippen LogP contribution in [0.3, 0.4) is 0 Å². The predicted molar refractivity (Wildman–Crippen MR) is 87.1 cm³/mol. The van der Waals surface area contributed by atoms with E-state index in [1.54, 1.807) is 42.3 Å². The molecular weight excluding hydrogens is 325 g/mol. The van der Waals surface area contributed by atoms with Gasteiger partial charge in [-0.2, -0.15) is 0 Å². The van der Waals surface area contributed by atoms with Crippen LogP contribution in [0, 0.1) is 5.82 Å². The molecule has 1 heterocycles. The summed E-state index contributed by atoms with van der Waals surface area (Å²) in [6.07, 6.45) is 0. The van der Waals surface area contributed by atoms with Crippen LogP contribution in [-0.4, -0.2) is 18.8 Å². The maximum absolute atomic E-state index is 13.1. The van der Waals surface area contributed by atoms with Crippen LogP contribution in [0.4, 0.5) is 10.1 Å². The molecule has 0 N–H and O–H groups in total. The fourth-order valence-corrected chi connectivity index (χ4v) is 3.81. The van der Waals surface area contributed by atoms with Crippen LogP contribution in [0.25, 0.3) is 0 Å². The molecule has 22 heavy (non-hydrogen) atoms. The summed E-state index contributed by atoms with van der Waals surface area (Å²) in [5.74, 6) is 0.645. The molecule has 3 nitrogen and oxygen atoms in total. The van der Waals surface area contributed by atoms with E-state index in [0.29, 0.717) is 22.2 Å². The van der Waals surface area contributed by atoms with E-state index in [2.05, 4.69) is 0 Å². The number of carbonyl (C=O) groups excluding carboxylic acids is 1. The molecule has 2 aromatic carbocycles. The molecule has 1 aliphatic rings. The molecule has 1 fully saturated rings. The van der Waals surface area contributed by atoms with Crippen molar-refractivity contribution in [2.75, 3.05) is 17.8 Å². The van der Waals surface area contributed by atoms with Gasteiger partial charge in [0.1, 0.15) is 16.9 Å². The highest BCUT2D eigenvalue weighted by molar-refractivity contribution is 8.00. The number of benzene rings is 2. The molecule has 2 aromatic rings. The fourth-order valence-electron chi connectivity index (χ4n) is 2.38. The van der Waals surface area contributed by atoms with Crippen molar-refractivity contribution < 1.29 is 13.9 Å². The number of ether oxygens (including phenoxy) is 1. The quantitative estimate of drug-likeness (QED) is 0.837. The Balaban J connectivity index is 1.97. The molecule has 0 saturated carbocycles. The molecule has 1 atom stereocenters. The topological polar surface area (TPSA) is 29.5 Å².